The second kappa shape index (κ2) is 5.48. The quantitative estimate of drug-likeness (QED) is 0.620. The molecule has 0 atom stereocenters. The number of carbonyl (C=O) groups excluding carboxylic acids is 2. The van der Waals surface area contributed by atoms with E-state index in [1.54, 1.807) is 6.07 Å². The van der Waals surface area contributed by atoms with Crippen LogP contribution in [0.1, 0.15) is 23.2 Å². The van der Waals surface area contributed by atoms with Crippen molar-refractivity contribution in [1.29, 1.82) is 0 Å². The maximum Gasteiger partial charge on any atom is 0.292 e. The molecule has 0 saturated carbocycles. The van der Waals surface area contributed by atoms with E-state index >= 15 is 0 Å². The summed E-state index contributed by atoms with van der Waals surface area (Å²) in [6.07, 6.45) is 3.55. The molecule has 1 saturated heterocycles. The third-order valence-corrected chi connectivity index (χ3v) is 4.74. The van der Waals surface area contributed by atoms with Crippen LogP contribution in [0.5, 0.6) is 0 Å². The molecule has 1 aromatic heterocycles. The molecule has 6 nitrogen and oxygen atoms in total. The molecule has 0 bridgehead atoms. The standard InChI is InChI=1S/C12H14N2O4S/c15-11(9-2-1-5-13-8-9)12(16)14-10-3-6-19(17,18)7-4-10/h1-2,5,8,10H,3-4,6-7H2,(H,14,16). The van der Waals surface area contributed by atoms with Crippen LogP contribution in [0.3, 0.4) is 0 Å². The van der Waals surface area contributed by atoms with E-state index in [9.17, 15) is 18.0 Å². The molecule has 1 aliphatic rings. The summed E-state index contributed by atoms with van der Waals surface area (Å²) in [5, 5.41) is 2.57. The molecule has 2 heterocycles. The monoisotopic (exact) mass is 282 g/mol. The van der Waals surface area contributed by atoms with Crippen LogP contribution >= 0.6 is 0 Å². The summed E-state index contributed by atoms with van der Waals surface area (Å²) in [5.41, 5.74) is 0.225. The van der Waals surface area contributed by atoms with E-state index < -0.39 is 21.5 Å². The van der Waals surface area contributed by atoms with Gasteiger partial charge < -0.3 is 5.32 Å². The van der Waals surface area contributed by atoms with E-state index in [0.29, 0.717) is 12.8 Å². The van der Waals surface area contributed by atoms with Crippen LogP contribution < -0.4 is 5.32 Å². The van der Waals surface area contributed by atoms with Crippen LogP contribution in [-0.2, 0) is 14.6 Å². The Morgan fingerprint density at radius 1 is 1.26 bits per heavy atom. The third kappa shape index (κ3) is 3.60. The Morgan fingerprint density at radius 2 is 1.95 bits per heavy atom. The highest BCUT2D eigenvalue weighted by Crippen LogP contribution is 2.12. The van der Waals surface area contributed by atoms with Gasteiger partial charge >= 0.3 is 0 Å². The number of hydrogen-bond acceptors (Lipinski definition) is 5. The van der Waals surface area contributed by atoms with Gasteiger partial charge in [0.1, 0.15) is 9.84 Å². The first-order valence-electron chi connectivity index (χ1n) is 5.93. The number of hydrogen-bond donors (Lipinski definition) is 1. The number of carbonyl (C=O) groups is 2. The highest BCUT2D eigenvalue weighted by molar-refractivity contribution is 7.91. The zero-order valence-electron chi connectivity index (χ0n) is 10.2. The minimum absolute atomic E-state index is 0.0546. The SMILES string of the molecule is O=C(NC1CCS(=O)(=O)CC1)C(=O)c1cccnc1. The van der Waals surface area contributed by atoms with Gasteiger partial charge in [-0.25, -0.2) is 8.42 Å². The van der Waals surface area contributed by atoms with Gasteiger partial charge in [0.05, 0.1) is 11.5 Å². The molecular weight excluding hydrogens is 268 g/mol. The Bertz CT molecular complexity index is 569. The maximum absolute atomic E-state index is 11.8. The average Bonchev–Trinajstić information content (AvgIpc) is 2.41. The fraction of sp³-hybridized carbons (Fsp3) is 0.417. The normalized spacial score (nSPS) is 18.7. The first-order valence-corrected chi connectivity index (χ1v) is 7.76. The van der Waals surface area contributed by atoms with Gasteiger partial charge in [-0.1, -0.05) is 0 Å². The zero-order chi connectivity index (χ0) is 13.9. The smallest absolute Gasteiger partial charge is 0.292 e. The molecule has 2 rings (SSSR count). The van der Waals surface area contributed by atoms with Crippen LogP contribution in [-0.4, -0.2) is 42.6 Å². The van der Waals surface area contributed by atoms with Gasteiger partial charge in [-0.3, -0.25) is 14.6 Å². The number of sulfone groups is 1. The molecule has 0 spiro atoms. The fourth-order valence-electron chi connectivity index (χ4n) is 1.91. The summed E-state index contributed by atoms with van der Waals surface area (Å²) in [7, 11) is -2.97. The van der Waals surface area contributed by atoms with Gasteiger partial charge in [0.2, 0.25) is 0 Å². The molecule has 0 unspecified atom stereocenters. The number of aromatic nitrogens is 1. The van der Waals surface area contributed by atoms with Crippen LogP contribution in [0.15, 0.2) is 24.5 Å². The molecule has 1 aromatic rings. The van der Waals surface area contributed by atoms with Gasteiger partial charge in [-0.15, -0.1) is 0 Å². The Morgan fingerprint density at radius 3 is 2.53 bits per heavy atom. The van der Waals surface area contributed by atoms with Crippen LogP contribution in [0.25, 0.3) is 0 Å². The molecule has 0 radical (unpaired) electrons. The summed E-state index contributed by atoms with van der Waals surface area (Å²) >= 11 is 0. The summed E-state index contributed by atoms with van der Waals surface area (Å²) in [4.78, 5) is 27.3. The number of pyridine rings is 1. The highest BCUT2D eigenvalue weighted by atomic mass is 32.2. The zero-order valence-corrected chi connectivity index (χ0v) is 11.0. The molecule has 1 N–H and O–H groups in total. The van der Waals surface area contributed by atoms with Gasteiger partial charge in [0, 0.05) is 24.0 Å². The third-order valence-electron chi connectivity index (χ3n) is 3.02. The summed E-state index contributed by atoms with van der Waals surface area (Å²) < 4.78 is 22.5. The first kappa shape index (κ1) is 13.7. The second-order valence-corrected chi connectivity index (χ2v) is 6.77. The van der Waals surface area contributed by atoms with E-state index in [-0.39, 0.29) is 23.1 Å². The predicted molar refractivity (Wildman–Crippen MR) is 68.4 cm³/mol. The van der Waals surface area contributed by atoms with Crippen LogP contribution in [0, 0.1) is 0 Å². The second-order valence-electron chi connectivity index (χ2n) is 4.47. The number of amides is 1. The number of nitrogens with zero attached hydrogens (tertiary/aromatic N) is 1. The van der Waals surface area contributed by atoms with E-state index in [4.69, 9.17) is 0 Å². The lowest BCUT2D eigenvalue weighted by Crippen LogP contribution is -2.43. The summed E-state index contributed by atoms with van der Waals surface area (Å²) in [6, 6.07) is 2.84. The molecule has 1 fully saturated rings. The molecule has 7 heteroatoms. The van der Waals surface area contributed by atoms with Crippen molar-refractivity contribution in [3.05, 3.63) is 30.1 Å². The summed E-state index contributed by atoms with van der Waals surface area (Å²) in [5.74, 6) is -1.25. The number of nitrogens with one attached hydrogen (secondary N) is 1. The van der Waals surface area contributed by atoms with Crippen molar-refractivity contribution in [2.24, 2.45) is 0 Å². The fourth-order valence-corrected chi connectivity index (χ4v) is 3.40. The van der Waals surface area contributed by atoms with Crippen molar-refractivity contribution in [2.75, 3.05) is 11.5 Å². The van der Waals surface area contributed by atoms with E-state index in [1.807, 2.05) is 0 Å². The van der Waals surface area contributed by atoms with Crippen molar-refractivity contribution in [3.63, 3.8) is 0 Å². The Hall–Kier alpha value is -1.76. The Balaban J connectivity index is 1.94. The van der Waals surface area contributed by atoms with Crippen molar-refractivity contribution in [3.8, 4) is 0 Å². The van der Waals surface area contributed by atoms with Crippen molar-refractivity contribution < 1.29 is 18.0 Å². The lowest BCUT2D eigenvalue weighted by atomic mass is 10.1. The van der Waals surface area contributed by atoms with Crippen molar-refractivity contribution in [1.82, 2.24) is 10.3 Å². The van der Waals surface area contributed by atoms with Crippen LogP contribution in [0.2, 0.25) is 0 Å². The first-order chi connectivity index (χ1) is 8.98. The van der Waals surface area contributed by atoms with Crippen molar-refractivity contribution in [2.45, 2.75) is 18.9 Å². The predicted octanol–water partition coefficient (Wildman–Crippen LogP) is -0.0423. The molecule has 1 amide bonds. The number of ketones is 1. The molecule has 19 heavy (non-hydrogen) atoms. The molecule has 0 aliphatic carbocycles. The highest BCUT2D eigenvalue weighted by Gasteiger charge is 2.26. The lowest BCUT2D eigenvalue weighted by Gasteiger charge is -2.22. The van der Waals surface area contributed by atoms with Gasteiger partial charge in [-0.2, -0.15) is 0 Å². The maximum atomic E-state index is 11.8. The Labute approximate surface area is 111 Å². The van der Waals surface area contributed by atoms with E-state index in [0.717, 1.165) is 0 Å². The lowest BCUT2D eigenvalue weighted by molar-refractivity contribution is -0.117. The molecular formula is C12H14N2O4S. The topological polar surface area (TPSA) is 93.2 Å². The number of rotatable bonds is 3. The summed E-state index contributed by atoms with van der Waals surface area (Å²) in [6.45, 7) is 0. The van der Waals surface area contributed by atoms with Crippen LogP contribution in [0.4, 0.5) is 0 Å². The average molecular weight is 282 g/mol. The van der Waals surface area contributed by atoms with E-state index in [1.165, 1.54) is 18.5 Å². The molecule has 0 aromatic carbocycles. The minimum Gasteiger partial charge on any atom is -0.346 e. The van der Waals surface area contributed by atoms with Crippen molar-refractivity contribution >= 4 is 21.5 Å². The number of Topliss-reactive ketones (excluding diaryl/α,β-unsaturated/α-hetero) is 1. The largest absolute Gasteiger partial charge is 0.346 e. The van der Waals surface area contributed by atoms with E-state index in [2.05, 4.69) is 10.3 Å². The molecule has 102 valence electrons. The van der Waals surface area contributed by atoms with Gasteiger partial charge in [0.15, 0.2) is 0 Å². The molecule has 1 aliphatic heterocycles. The Kier molecular flexibility index (Phi) is 3.94. The van der Waals surface area contributed by atoms with Gasteiger partial charge in [0.25, 0.3) is 11.7 Å². The minimum atomic E-state index is -2.97. The van der Waals surface area contributed by atoms with Gasteiger partial charge in [-0.05, 0) is 25.0 Å².